The topological polar surface area (TPSA) is 75.8 Å². The van der Waals surface area contributed by atoms with Crippen molar-refractivity contribution in [2.45, 2.75) is 51.4 Å². The number of carbonyl (C=O) groups is 1. The SMILES string of the molecule is CC(C)(N)CC(=O)N1CC(CO)OC(C)(C)C1. The summed E-state index contributed by atoms with van der Waals surface area (Å²) < 4.78 is 5.66. The highest BCUT2D eigenvalue weighted by molar-refractivity contribution is 5.77. The highest BCUT2D eigenvalue weighted by Crippen LogP contribution is 2.22. The fourth-order valence-electron chi connectivity index (χ4n) is 2.08. The highest BCUT2D eigenvalue weighted by Gasteiger charge is 2.36. The van der Waals surface area contributed by atoms with Gasteiger partial charge in [-0.3, -0.25) is 4.79 Å². The molecular formula is C12H24N2O3. The summed E-state index contributed by atoms with van der Waals surface area (Å²) in [5, 5.41) is 9.17. The van der Waals surface area contributed by atoms with Gasteiger partial charge in [0.05, 0.1) is 18.3 Å². The van der Waals surface area contributed by atoms with Crippen LogP contribution in [0, 0.1) is 0 Å². The third-order valence-corrected chi connectivity index (χ3v) is 2.64. The van der Waals surface area contributed by atoms with Crippen LogP contribution in [0.15, 0.2) is 0 Å². The molecule has 0 aliphatic carbocycles. The molecule has 1 saturated heterocycles. The first-order valence-corrected chi connectivity index (χ1v) is 5.98. The van der Waals surface area contributed by atoms with Crippen LogP contribution in [0.2, 0.25) is 0 Å². The number of rotatable bonds is 3. The van der Waals surface area contributed by atoms with Crippen molar-refractivity contribution >= 4 is 5.91 Å². The van der Waals surface area contributed by atoms with Gasteiger partial charge in [-0.05, 0) is 27.7 Å². The lowest BCUT2D eigenvalue weighted by molar-refractivity contribution is -0.167. The summed E-state index contributed by atoms with van der Waals surface area (Å²) in [6.45, 7) is 8.41. The molecule has 0 radical (unpaired) electrons. The van der Waals surface area contributed by atoms with Crippen LogP contribution in [0.4, 0.5) is 0 Å². The molecule has 1 fully saturated rings. The second kappa shape index (κ2) is 4.92. The van der Waals surface area contributed by atoms with Crippen molar-refractivity contribution in [2.24, 2.45) is 5.73 Å². The van der Waals surface area contributed by atoms with E-state index in [2.05, 4.69) is 0 Å². The zero-order chi connectivity index (χ0) is 13.3. The van der Waals surface area contributed by atoms with Crippen LogP contribution in [-0.2, 0) is 9.53 Å². The predicted molar refractivity (Wildman–Crippen MR) is 65.5 cm³/mol. The molecule has 100 valence electrons. The van der Waals surface area contributed by atoms with Gasteiger partial charge in [0, 0.05) is 25.0 Å². The molecule has 0 aromatic heterocycles. The van der Waals surface area contributed by atoms with E-state index >= 15 is 0 Å². The van der Waals surface area contributed by atoms with E-state index in [4.69, 9.17) is 15.6 Å². The molecule has 0 aromatic rings. The maximum atomic E-state index is 12.1. The van der Waals surface area contributed by atoms with Crippen LogP contribution in [0.5, 0.6) is 0 Å². The number of aliphatic hydroxyl groups is 1. The predicted octanol–water partition coefficient (Wildman–Crippen LogP) is 0.112. The molecule has 3 N–H and O–H groups in total. The fourth-order valence-corrected chi connectivity index (χ4v) is 2.08. The molecule has 0 bridgehead atoms. The molecule has 1 unspecified atom stereocenters. The van der Waals surface area contributed by atoms with Crippen LogP contribution in [-0.4, -0.2) is 52.9 Å². The van der Waals surface area contributed by atoms with Crippen molar-refractivity contribution < 1.29 is 14.6 Å². The summed E-state index contributed by atoms with van der Waals surface area (Å²) >= 11 is 0. The molecule has 1 heterocycles. The third kappa shape index (κ3) is 4.61. The molecule has 1 aliphatic rings. The molecule has 5 heteroatoms. The van der Waals surface area contributed by atoms with Crippen molar-refractivity contribution in [1.82, 2.24) is 4.90 Å². The number of hydrogen-bond donors (Lipinski definition) is 2. The Morgan fingerprint density at radius 3 is 2.65 bits per heavy atom. The molecule has 1 amide bonds. The van der Waals surface area contributed by atoms with Gasteiger partial charge in [-0.15, -0.1) is 0 Å². The van der Waals surface area contributed by atoms with E-state index in [0.29, 0.717) is 19.5 Å². The minimum atomic E-state index is -0.506. The Hall–Kier alpha value is -0.650. The Balaban J connectivity index is 2.67. The lowest BCUT2D eigenvalue weighted by Gasteiger charge is -2.42. The standard InChI is InChI=1S/C12H24N2O3/c1-11(2,13)5-10(16)14-6-9(7-15)17-12(3,4)8-14/h9,15H,5-8,13H2,1-4H3. The summed E-state index contributed by atoms with van der Waals surface area (Å²) in [5.74, 6) is 0.0207. The minimum Gasteiger partial charge on any atom is -0.394 e. The second-order valence-corrected chi connectivity index (χ2v) is 6.12. The maximum absolute atomic E-state index is 12.1. The van der Waals surface area contributed by atoms with Gasteiger partial charge >= 0.3 is 0 Å². The van der Waals surface area contributed by atoms with Gasteiger partial charge in [0.15, 0.2) is 0 Å². The molecule has 5 nitrogen and oxygen atoms in total. The summed E-state index contributed by atoms with van der Waals surface area (Å²) in [5.41, 5.74) is 4.93. The summed E-state index contributed by atoms with van der Waals surface area (Å²) in [7, 11) is 0. The van der Waals surface area contributed by atoms with Gasteiger partial charge in [0.1, 0.15) is 0 Å². The number of hydrogen-bond acceptors (Lipinski definition) is 4. The number of amides is 1. The first-order chi connectivity index (χ1) is 7.63. The molecule has 17 heavy (non-hydrogen) atoms. The van der Waals surface area contributed by atoms with Gasteiger partial charge < -0.3 is 20.5 Å². The van der Waals surface area contributed by atoms with E-state index in [-0.39, 0.29) is 18.6 Å². The molecule has 0 saturated carbocycles. The highest BCUT2D eigenvalue weighted by atomic mass is 16.5. The first kappa shape index (κ1) is 14.4. The monoisotopic (exact) mass is 244 g/mol. The van der Waals surface area contributed by atoms with Crippen molar-refractivity contribution in [2.75, 3.05) is 19.7 Å². The molecule has 0 aromatic carbocycles. The van der Waals surface area contributed by atoms with Crippen molar-refractivity contribution in [3.05, 3.63) is 0 Å². The van der Waals surface area contributed by atoms with Crippen LogP contribution in [0.25, 0.3) is 0 Å². The molecule has 1 atom stereocenters. The Morgan fingerprint density at radius 1 is 1.59 bits per heavy atom. The number of morpholine rings is 1. The average Bonchev–Trinajstić information content (AvgIpc) is 2.12. The number of ether oxygens (including phenoxy) is 1. The Kier molecular flexibility index (Phi) is 4.17. The lowest BCUT2D eigenvalue weighted by Crippen LogP contribution is -2.56. The maximum Gasteiger partial charge on any atom is 0.224 e. The quantitative estimate of drug-likeness (QED) is 0.739. The van der Waals surface area contributed by atoms with Gasteiger partial charge in [0.2, 0.25) is 5.91 Å². The molecular weight excluding hydrogens is 220 g/mol. The van der Waals surface area contributed by atoms with E-state index in [1.54, 1.807) is 4.90 Å². The van der Waals surface area contributed by atoms with Crippen LogP contribution in [0.1, 0.15) is 34.1 Å². The molecule has 1 rings (SSSR count). The molecule has 1 aliphatic heterocycles. The number of aliphatic hydroxyl groups excluding tert-OH is 1. The van der Waals surface area contributed by atoms with Crippen molar-refractivity contribution in [1.29, 1.82) is 0 Å². The Labute approximate surface area is 103 Å². The number of nitrogens with two attached hydrogens (primary N) is 1. The third-order valence-electron chi connectivity index (χ3n) is 2.64. The van der Waals surface area contributed by atoms with Gasteiger partial charge in [0.25, 0.3) is 0 Å². The van der Waals surface area contributed by atoms with Crippen LogP contribution < -0.4 is 5.73 Å². The molecule has 0 spiro atoms. The van der Waals surface area contributed by atoms with Gasteiger partial charge in [-0.2, -0.15) is 0 Å². The summed E-state index contributed by atoms with van der Waals surface area (Å²) in [6, 6.07) is 0. The van der Waals surface area contributed by atoms with E-state index < -0.39 is 11.1 Å². The zero-order valence-corrected chi connectivity index (χ0v) is 11.2. The number of carbonyl (C=O) groups excluding carboxylic acids is 1. The first-order valence-electron chi connectivity index (χ1n) is 5.98. The minimum absolute atomic E-state index is 0.0207. The second-order valence-electron chi connectivity index (χ2n) is 6.12. The van der Waals surface area contributed by atoms with Crippen LogP contribution in [0.3, 0.4) is 0 Å². The average molecular weight is 244 g/mol. The Morgan fingerprint density at radius 2 is 2.18 bits per heavy atom. The zero-order valence-electron chi connectivity index (χ0n) is 11.2. The van der Waals surface area contributed by atoms with E-state index in [1.165, 1.54) is 0 Å². The smallest absolute Gasteiger partial charge is 0.224 e. The summed E-state index contributed by atoms with van der Waals surface area (Å²) in [6.07, 6.45) is 0.00454. The normalized spacial score (nSPS) is 24.8. The lowest BCUT2D eigenvalue weighted by atomic mass is 9.99. The fraction of sp³-hybridized carbons (Fsp3) is 0.917. The van der Waals surface area contributed by atoms with Crippen molar-refractivity contribution in [3.63, 3.8) is 0 Å². The largest absolute Gasteiger partial charge is 0.394 e. The van der Waals surface area contributed by atoms with Gasteiger partial charge in [-0.1, -0.05) is 0 Å². The van der Waals surface area contributed by atoms with E-state index in [1.807, 2.05) is 27.7 Å². The number of nitrogens with zero attached hydrogens (tertiary/aromatic N) is 1. The van der Waals surface area contributed by atoms with Crippen LogP contribution >= 0.6 is 0 Å². The summed E-state index contributed by atoms with van der Waals surface area (Å²) in [4.78, 5) is 13.8. The van der Waals surface area contributed by atoms with Gasteiger partial charge in [-0.25, -0.2) is 0 Å². The van der Waals surface area contributed by atoms with Crippen molar-refractivity contribution in [3.8, 4) is 0 Å². The van der Waals surface area contributed by atoms with E-state index in [0.717, 1.165) is 0 Å². The Bertz CT molecular complexity index is 284. The van der Waals surface area contributed by atoms with E-state index in [9.17, 15) is 4.79 Å².